The SMILES string of the molecule is COC(CNC(=O)[C@@H](N)CC(C)C)c1ccccc1. The summed E-state index contributed by atoms with van der Waals surface area (Å²) in [6.45, 7) is 4.54. The molecule has 0 heterocycles. The van der Waals surface area contributed by atoms with E-state index in [0.717, 1.165) is 5.56 Å². The van der Waals surface area contributed by atoms with Crippen LogP contribution >= 0.6 is 0 Å². The fourth-order valence-electron chi connectivity index (χ4n) is 1.94. The number of hydrogen-bond acceptors (Lipinski definition) is 3. The molecule has 0 bridgehead atoms. The lowest BCUT2D eigenvalue weighted by atomic mass is 10.0. The molecular weight excluding hydrogens is 240 g/mol. The molecule has 1 rings (SSSR count). The molecule has 0 aromatic heterocycles. The Labute approximate surface area is 115 Å². The van der Waals surface area contributed by atoms with E-state index in [4.69, 9.17) is 10.5 Å². The van der Waals surface area contributed by atoms with Crippen molar-refractivity contribution in [1.29, 1.82) is 0 Å². The highest BCUT2D eigenvalue weighted by Crippen LogP contribution is 2.14. The molecule has 4 nitrogen and oxygen atoms in total. The number of amides is 1. The molecule has 0 radical (unpaired) electrons. The fourth-order valence-corrected chi connectivity index (χ4v) is 1.94. The predicted octanol–water partition coefficient (Wildman–Crippen LogP) is 1.86. The molecule has 1 aromatic carbocycles. The third kappa shape index (κ3) is 5.41. The van der Waals surface area contributed by atoms with Crippen molar-refractivity contribution in [3.63, 3.8) is 0 Å². The topological polar surface area (TPSA) is 64.3 Å². The van der Waals surface area contributed by atoms with Crippen LogP contribution in [0, 0.1) is 5.92 Å². The average molecular weight is 264 g/mol. The van der Waals surface area contributed by atoms with Gasteiger partial charge in [0.15, 0.2) is 0 Å². The van der Waals surface area contributed by atoms with E-state index in [-0.39, 0.29) is 12.0 Å². The van der Waals surface area contributed by atoms with Crippen LogP contribution < -0.4 is 11.1 Å². The van der Waals surface area contributed by atoms with Crippen LogP contribution in [0.5, 0.6) is 0 Å². The Morgan fingerprint density at radius 2 is 1.95 bits per heavy atom. The normalized spacial score (nSPS) is 14.2. The minimum absolute atomic E-state index is 0.119. The zero-order valence-corrected chi connectivity index (χ0v) is 11.9. The van der Waals surface area contributed by atoms with Crippen molar-refractivity contribution in [1.82, 2.24) is 5.32 Å². The standard InChI is InChI=1S/C15H24N2O2/c1-11(2)9-13(16)15(18)17-10-14(19-3)12-7-5-4-6-8-12/h4-8,11,13-14H,9-10,16H2,1-3H3,(H,17,18)/t13-,14?/m0/s1. The fraction of sp³-hybridized carbons (Fsp3) is 0.533. The van der Waals surface area contributed by atoms with E-state index in [2.05, 4.69) is 19.2 Å². The first-order chi connectivity index (χ1) is 9.04. The van der Waals surface area contributed by atoms with E-state index in [1.165, 1.54) is 0 Å². The van der Waals surface area contributed by atoms with Gasteiger partial charge in [0.2, 0.25) is 5.91 Å². The maximum atomic E-state index is 11.8. The molecule has 0 fully saturated rings. The second kappa shape index (κ2) is 7.92. The minimum Gasteiger partial charge on any atom is -0.375 e. The summed E-state index contributed by atoms with van der Waals surface area (Å²) in [4.78, 5) is 11.8. The van der Waals surface area contributed by atoms with Gasteiger partial charge in [-0.25, -0.2) is 0 Å². The van der Waals surface area contributed by atoms with Crippen molar-refractivity contribution in [2.75, 3.05) is 13.7 Å². The maximum Gasteiger partial charge on any atom is 0.237 e. The van der Waals surface area contributed by atoms with Crippen LogP contribution in [-0.4, -0.2) is 25.6 Å². The summed E-state index contributed by atoms with van der Waals surface area (Å²) in [6, 6.07) is 9.37. The third-order valence-corrected chi connectivity index (χ3v) is 2.98. The van der Waals surface area contributed by atoms with Crippen LogP contribution in [0.3, 0.4) is 0 Å². The predicted molar refractivity (Wildman–Crippen MR) is 76.6 cm³/mol. The van der Waals surface area contributed by atoms with Crippen LogP contribution in [0.4, 0.5) is 0 Å². The van der Waals surface area contributed by atoms with Gasteiger partial charge in [-0.1, -0.05) is 44.2 Å². The van der Waals surface area contributed by atoms with Crippen molar-refractivity contribution < 1.29 is 9.53 Å². The summed E-state index contributed by atoms with van der Waals surface area (Å²) in [6.07, 6.45) is 0.547. The number of nitrogens with one attached hydrogen (secondary N) is 1. The van der Waals surface area contributed by atoms with Crippen molar-refractivity contribution in [2.24, 2.45) is 11.7 Å². The Balaban J connectivity index is 2.48. The summed E-state index contributed by atoms with van der Waals surface area (Å²) < 4.78 is 5.39. The monoisotopic (exact) mass is 264 g/mol. The van der Waals surface area contributed by atoms with Gasteiger partial charge in [0.05, 0.1) is 12.1 Å². The second-order valence-corrected chi connectivity index (χ2v) is 5.12. The first kappa shape index (κ1) is 15.7. The highest BCUT2D eigenvalue weighted by Gasteiger charge is 2.17. The third-order valence-electron chi connectivity index (χ3n) is 2.98. The number of carbonyl (C=O) groups is 1. The van der Waals surface area contributed by atoms with Crippen LogP contribution in [0.2, 0.25) is 0 Å². The van der Waals surface area contributed by atoms with E-state index in [9.17, 15) is 4.79 Å². The van der Waals surface area contributed by atoms with Gasteiger partial charge in [-0.15, -0.1) is 0 Å². The number of methoxy groups -OCH3 is 1. The van der Waals surface area contributed by atoms with Crippen molar-refractivity contribution in [3.05, 3.63) is 35.9 Å². The van der Waals surface area contributed by atoms with Gasteiger partial charge in [0.25, 0.3) is 0 Å². The molecule has 1 unspecified atom stereocenters. The Hall–Kier alpha value is -1.39. The van der Waals surface area contributed by atoms with Gasteiger partial charge in [0.1, 0.15) is 0 Å². The first-order valence-electron chi connectivity index (χ1n) is 6.65. The molecule has 19 heavy (non-hydrogen) atoms. The smallest absolute Gasteiger partial charge is 0.237 e. The molecule has 0 saturated carbocycles. The molecule has 1 amide bonds. The van der Waals surface area contributed by atoms with Crippen molar-refractivity contribution >= 4 is 5.91 Å². The number of rotatable bonds is 7. The Kier molecular flexibility index (Phi) is 6.53. The molecular formula is C15H24N2O2. The van der Waals surface area contributed by atoms with Crippen molar-refractivity contribution in [2.45, 2.75) is 32.4 Å². The van der Waals surface area contributed by atoms with Gasteiger partial charge < -0.3 is 15.8 Å². The summed E-state index contributed by atoms with van der Waals surface area (Å²) in [7, 11) is 1.64. The highest BCUT2D eigenvalue weighted by atomic mass is 16.5. The van der Waals surface area contributed by atoms with Crippen molar-refractivity contribution in [3.8, 4) is 0 Å². The van der Waals surface area contributed by atoms with E-state index in [0.29, 0.717) is 18.9 Å². The molecule has 0 saturated heterocycles. The lowest BCUT2D eigenvalue weighted by molar-refractivity contribution is -0.123. The molecule has 0 aliphatic rings. The van der Waals surface area contributed by atoms with E-state index >= 15 is 0 Å². The Morgan fingerprint density at radius 1 is 1.32 bits per heavy atom. The number of ether oxygens (including phenoxy) is 1. The largest absolute Gasteiger partial charge is 0.375 e. The van der Waals surface area contributed by atoms with Gasteiger partial charge in [-0.2, -0.15) is 0 Å². The number of nitrogens with two attached hydrogens (primary N) is 1. The summed E-state index contributed by atoms with van der Waals surface area (Å²) in [5.41, 5.74) is 6.88. The van der Waals surface area contributed by atoms with Gasteiger partial charge in [-0.3, -0.25) is 4.79 Å². The summed E-state index contributed by atoms with van der Waals surface area (Å²) in [5.74, 6) is 0.291. The zero-order valence-electron chi connectivity index (χ0n) is 11.9. The molecule has 106 valence electrons. The molecule has 3 N–H and O–H groups in total. The van der Waals surface area contributed by atoms with Crippen LogP contribution in [0.15, 0.2) is 30.3 Å². The van der Waals surface area contributed by atoms with E-state index in [1.807, 2.05) is 30.3 Å². The molecule has 2 atom stereocenters. The molecule has 0 spiro atoms. The lowest BCUT2D eigenvalue weighted by Crippen LogP contribution is -2.43. The summed E-state index contributed by atoms with van der Waals surface area (Å²) in [5, 5.41) is 2.85. The molecule has 1 aromatic rings. The summed E-state index contributed by atoms with van der Waals surface area (Å²) >= 11 is 0. The minimum atomic E-state index is -0.451. The quantitative estimate of drug-likeness (QED) is 0.790. The Bertz CT molecular complexity index is 379. The van der Waals surface area contributed by atoms with Crippen LogP contribution in [0.1, 0.15) is 31.9 Å². The van der Waals surface area contributed by atoms with E-state index < -0.39 is 6.04 Å². The maximum absolute atomic E-state index is 11.8. The molecule has 0 aliphatic carbocycles. The zero-order chi connectivity index (χ0) is 14.3. The highest BCUT2D eigenvalue weighted by molar-refractivity contribution is 5.81. The Morgan fingerprint density at radius 3 is 2.47 bits per heavy atom. The van der Waals surface area contributed by atoms with Gasteiger partial charge in [0, 0.05) is 13.7 Å². The van der Waals surface area contributed by atoms with Gasteiger partial charge in [-0.05, 0) is 17.9 Å². The van der Waals surface area contributed by atoms with Gasteiger partial charge >= 0.3 is 0 Å². The second-order valence-electron chi connectivity index (χ2n) is 5.12. The molecule has 4 heteroatoms. The lowest BCUT2D eigenvalue weighted by Gasteiger charge is -2.19. The number of hydrogen-bond donors (Lipinski definition) is 2. The van der Waals surface area contributed by atoms with E-state index in [1.54, 1.807) is 7.11 Å². The van der Waals surface area contributed by atoms with Crippen LogP contribution in [0.25, 0.3) is 0 Å². The molecule has 0 aliphatic heterocycles. The van der Waals surface area contributed by atoms with Crippen LogP contribution in [-0.2, 0) is 9.53 Å². The number of carbonyl (C=O) groups excluding carboxylic acids is 1. The number of benzene rings is 1. The average Bonchev–Trinajstić information content (AvgIpc) is 2.39. The first-order valence-corrected chi connectivity index (χ1v) is 6.65.